The summed E-state index contributed by atoms with van der Waals surface area (Å²) in [5.74, 6) is 0. The van der Waals surface area contributed by atoms with Crippen molar-refractivity contribution in [3.63, 3.8) is 0 Å². The monoisotopic (exact) mass is 678 g/mol. The smallest absolute Gasteiger partial charge is 0.179 e. The Balaban J connectivity index is 1.14. The molecule has 0 fully saturated rings. The van der Waals surface area contributed by atoms with Crippen LogP contribution in [0.4, 0.5) is 0 Å². The second-order valence-electron chi connectivity index (χ2n) is 13.6. The standard InChI is InChI=1S/C50H34OSi/c1-5-15-35(16-6-1)38-28-32-46-48(34-38)51-50-45-31-27-37(33-47(45)43-23-13-14-24-44(43)49(46)50)36-25-29-42(30-26-36)52(39-17-7-2-8-18-39,40-19-9-3-10-20-40)41-21-11-4-12-22-41/h1-34H. The van der Waals surface area contributed by atoms with Crippen molar-refractivity contribution in [1.29, 1.82) is 0 Å². The van der Waals surface area contributed by atoms with E-state index >= 15 is 0 Å². The van der Waals surface area contributed by atoms with Crippen LogP contribution in [-0.4, -0.2) is 8.07 Å². The maximum Gasteiger partial charge on any atom is 0.179 e. The van der Waals surface area contributed by atoms with Crippen molar-refractivity contribution in [2.24, 2.45) is 0 Å². The van der Waals surface area contributed by atoms with Crippen molar-refractivity contribution in [3.8, 4) is 22.3 Å². The first kappa shape index (κ1) is 30.4. The average Bonchev–Trinajstić information content (AvgIpc) is 3.62. The molecule has 0 radical (unpaired) electrons. The van der Waals surface area contributed by atoms with Crippen molar-refractivity contribution in [2.75, 3.05) is 0 Å². The summed E-state index contributed by atoms with van der Waals surface area (Å²) in [4.78, 5) is 0. The predicted octanol–water partition coefficient (Wildman–Crippen LogP) is 10.6. The van der Waals surface area contributed by atoms with E-state index in [0.29, 0.717) is 0 Å². The van der Waals surface area contributed by atoms with Crippen LogP contribution in [0, 0.1) is 0 Å². The zero-order valence-corrected chi connectivity index (χ0v) is 29.5. The molecule has 10 aromatic rings. The van der Waals surface area contributed by atoms with Crippen LogP contribution in [-0.2, 0) is 0 Å². The Hall–Kier alpha value is -6.48. The molecule has 0 bridgehead atoms. The molecule has 1 aromatic heterocycles. The van der Waals surface area contributed by atoms with Gasteiger partial charge in [0.15, 0.2) is 8.07 Å². The van der Waals surface area contributed by atoms with Crippen LogP contribution in [0.1, 0.15) is 0 Å². The van der Waals surface area contributed by atoms with E-state index in [2.05, 4.69) is 206 Å². The molecule has 0 saturated carbocycles. The van der Waals surface area contributed by atoms with Crippen molar-refractivity contribution >= 4 is 72.3 Å². The van der Waals surface area contributed by atoms with Gasteiger partial charge in [-0.2, -0.15) is 0 Å². The topological polar surface area (TPSA) is 13.1 Å². The molecule has 0 saturated heterocycles. The van der Waals surface area contributed by atoms with E-state index in [0.717, 1.165) is 27.5 Å². The number of benzene rings is 9. The zero-order valence-electron chi connectivity index (χ0n) is 28.5. The summed E-state index contributed by atoms with van der Waals surface area (Å²) in [6, 6.07) is 75.5. The van der Waals surface area contributed by atoms with Crippen molar-refractivity contribution in [1.82, 2.24) is 0 Å². The van der Waals surface area contributed by atoms with Crippen molar-refractivity contribution in [2.45, 2.75) is 0 Å². The average molecular weight is 679 g/mol. The number of rotatable bonds is 6. The minimum atomic E-state index is -2.59. The van der Waals surface area contributed by atoms with Gasteiger partial charge in [0.1, 0.15) is 11.2 Å². The Morgan fingerprint density at radius 2 is 0.731 bits per heavy atom. The van der Waals surface area contributed by atoms with E-state index in [1.807, 2.05) is 0 Å². The highest BCUT2D eigenvalue weighted by Crippen LogP contribution is 2.42. The second-order valence-corrected chi connectivity index (χ2v) is 17.4. The SMILES string of the molecule is c1ccc(-c2ccc3c(c2)oc2c4ccc(-c5ccc([Si](c6ccccc6)(c6ccccc6)c6ccccc6)cc5)cc4c4ccccc4c32)cc1. The normalized spacial score (nSPS) is 11.8. The zero-order chi connectivity index (χ0) is 34.5. The molecule has 0 amide bonds. The lowest BCUT2D eigenvalue weighted by atomic mass is 9.94. The predicted molar refractivity (Wildman–Crippen MR) is 223 cm³/mol. The maximum atomic E-state index is 6.77. The molecule has 0 atom stereocenters. The molecular formula is C50H34OSi. The summed E-state index contributed by atoms with van der Waals surface area (Å²) < 4.78 is 6.77. The Morgan fingerprint density at radius 1 is 0.288 bits per heavy atom. The molecule has 0 spiro atoms. The maximum absolute atomic E-state index is 6.77. The van der Waals surface area contributed by atoms with Gasteiger partial charge in [0.2, 0.25) is 0 Å². The van der Waals surface area contributed by atoms with Crippen LogP contribution in [0.3, 0.4) is 0 Å². The van der Waals surface area contributed by atoms with E-state index in [1.54, 1.807) is 0 Å². The lowest BCUT2D eigenvalue weighted by molar-refractivity contribution is 0.673. The van der Waals surface area contributed by atoms with Crippen LogP contribution >= 0.6 is 0 Å². The minimum Gasteiger partial charge on any atom is -0.455 e. The Morgan fingerprint density at radius 3 is 1.33 bits per heavy atom. The molecule has 0 aliphatic carbocycles. The Labute approximate surface area is 304 Å². The molecule has 52 heavy (non-hydrogen) atoms. The molecule has 9 aromatic carbocycles. The molecule has 244 valence electrons. The fourth-order valence-electron chi connectivity index (χ4n) is 8.42. The molecule has 0 N–H and O–H groups in total. The van der Waals surface area contributed by atoms with Crippen molar-refractivity contribution in [3.05, 3.63) is 206 Å². The molecule has 10 rings (SSSR count). The van der Waals surface area contributed by atoms with Crippen LogP contribution in [0.25, 0.3) is 65.7 Å². The first-order chi connectivity index (χ1) is 25.8. The van der Waals surface area contributed by atoms with E-state index in [1.165, 1.54) is 59.0 Å². The summed E-state index contributed by atoms with van der Waals surface area (Å²) in [7, 11) is -2.59. The van der Waals surface area contributed by atoms with Gasteiger partial charge in [-0.1, -0.05) is 182 Å². The van der Waals surface area contributed by atoms with Gasteiger partial charge >= 0.3 is 0 Å². The summed E-state index contributed by atoms with van der Waals surface area (Å²) in [5.41, 5.74) is 6.59. The highest BCUT2D eigenvalue weighted by molar-refractivity contribution is 7.19. The third kappa shape index (κ3) is 4.76. The summed E-state index contributed by atoms with van der Waals surface area (Å²) in [6.45, 7) is 0. The first-order valence-electron chi connectivity index (χ1n) is 17.9. The lowest BCUT2D eigenvalue weighted by Gasteiger charge is -2.34. The molecule has 0 aliphatic heterocycles. The fraction of sp³-hybridized carbons (Fsp3) is 0. The quantitative estimate of drug-likeness (QED) is 0.0969. The van der Waals surface area contributed by atoms with E-state index in [-0.39, 0.29) is 0 Å². The van der Waals surface area contributed by atoms with Crippen LogP contribution < -0.4 is 20.7 Å². The minimum absolute atomic E-state index is 0.913. The Bertz CT molecular complexity index is 2760. The molecule has 0 aliphatic rings. The molecule has 1 nitrogen and oxygen atoms in total. The van der Waals surface area contributed by atoms with Gasteiger partial charge in [-0.05, 0) is 83.4 Å². The fourth-order valence-corrected chi connectivity index (χ4v) is 13.2. The number of furan rings is 1. The lowest BCUT2D eigenvalue weighted by Crippen LogP contribution is -2.74. The van der Waals surface area contributed by atoms with E-state index < -0.39 is 8.07 Å². The van der Waals surface area contributed by atoms with Crippen LogP contribution in [0.5, 0.6) is 0 Å². The second kappa shape index (κ2) is 12.4. The molecular weight excluding hydrogens is 645 g/mol. The largest absolute Gasteiger partial charge is 0.455 e. The summed E-state index contributed by atoms with van der Waals surface area (Å²) in [6.07, 6.45) is 0. The van der Waals surface area contributed by atoms with Gasteiger partial charge in [-0.15, -0.1) is 0 Å². The summed E-state index contributed by atoms with van der Waals surface area (Å²) in [5, 5.41) is 12.6. The number of hydrogen-bond acceptors (Lipinski definition) is 1. The number of fused-ring (bicyclic) bond motifs is 8. The van der Waals surface area contributed by atoms with E-state index in [9.17, 15) is 0 Å². The molecule has 0 unspecified atom stereocenters. The molecule has 1 heterocycles. The van der Waals surface area contributed by atoms with E-state index in [4.69, 9.17) is 4.42 Å². The van der Waals surface area contributed by atoms with Gasteiger partial charge in [0, 0.05) is 16.2 Å². The summed E-state index contributed by atoms with van der Waals surface area (Å²) >= 11 is 0. The Kier molecular flexibility index (Phi) is 7.23. The van der Waals surface area contributed by atoms with Gasteiger partial charge in [0.05, 0.1) is 0 Å². The van der Waals surface area contributed by atoms with Gasteiger partial charge in [-0.3, -0.25) is 0 Å². The van der Waals surface area contributed by atoms with Gasteiger partial charge in [0.25, 0.3) is 0 Å². The third-order valence-electron chi connectivity index (χ3n) is 10.8. The first-order valence-corrected chi connectivity index (χ1v) is 19.9. The molecule has 2 heteroatoms. The van der Waals surface area contributed by atoms with Crippen LogP contribution in [0.15, 0.2) is 211 Å². The van der Waals surface area contributed by atoms with Crippen molar-refractivity contribution < 1.29 is 4.42 Å². The number of hydrogen-bond donors (Lipinski definition) is 0. The highest BCUT2D eigenvalue weighted by Gasteiger charge is 2.41. The third-order valence-corrected chi connectivity index (χ3v) is 15.6. The van der Waals surface area contributed by atoms with Gasteiger partial charge < -0.3 is 4.42 Å². The van der Waals surface area contributed by atoms with Gasteiger partial charge in [-0.25, -0.2) is 0 Å². The highest BCUT2D eigenvalue weighted by atomic mass is 28.3. The van der Waals surface area contributed by atoms with Crippen LogP contribution in [0.2, 0.25) is 0 Å².